The average molecular weight is 385 g/mol. The zero-order valence-corrected chi connectivity index (χ0v) is 15.6. The molecule has 28 heavy (non-hydrogen) atoms. The smallest absolute Gasteiger partial charge is 0.338 e. The van der Waals surface area contributed by atoms with E-state index >= 15 is 0 Å². The quantitative estimate of drug-likeness (QED) is 0.447. The Balaban J connectivity index is 2.45. The van der Waals surface area contributed by atoms with Gasteiger partial charge in [0.25, 0.3) is 17.5 Å². The molecule has 0 aliphatic carbocycles. The molecule has 0 unspecified atom stereocenters. The highest BCUT2D eigenvalue weighted by Crippen LogP contribution is 2.23. The Labute approximate surface area is 160 Å². The van der Waals surface area contributed by atoms with Crippen molar-refractivity contribution in [3.05, 3.63) is 68.8 Å². The van der Waals surface area contributed by atoms with Crippen LogP contribution in [0.25, 0.3) is 0 Å². The van der Waals surface area contributed by atoms with Gasteiger partial charge in [0.2, 0.25) is 0 Å². The lowest BCUT2D eigenvalue weighted by molar-refractivity contribution is -0.384. The van der Waals surface area contributed by atoms with Crippen LogP contribution in [-0.4, -0.2) is 36.4 Å². The van der Waals surface area contributed by atoms with Crippen LogP contribution in [0, 0.1) is 17.0 Å². The summed E-state index contributed by atoms with van der Waals surface area (Å²) in [6.07, 6.45) is 0. The Morgan fingerprint density at radius 2 is 1.79 bits per heavy atom. The number of ether oxygens (including phenoxy) is 1. The van der Waals surface area contributed by atoms with E-state index in [0.717, 1.165) is 12.1 Å². The van der Waals surface area contributed by atoms with E-state index in [4.69, 9.17) is 4.74 Å². The van der Waals surface area contributed by atoms with Gasteiger partial charge in [-0.1, -0.05) is 12.1 Å². The van der Waals surface area contributed by atoms with Crippen molar-refractivity contribution >= 4 is 29.2 Å². The summed E-state index contributed by atoms with van der Waals surface area (Å²) in [6, 6.07) is 8.21. The number of carbonyl (C=O) groups is 3. The van der Waals surface area contributed by atoms with Crippen molar-refractivity contribution < 1.29 is 24.0 Å². The van der Waals surface area contributed by atoms with Gasteiger partial charge in [0, 0.05) is 24.7 Å². The summed E-state index contributed by atoms with van der Waals surface area (Å²) in [4.78, 5) is 47.2. The number of amides is 2. The molecule has 0 aliphatic heterocycles. The van der Waals surface area contributed by atoms with Crippen molar-refractivity contribution in [3.8, 4) is 0 Å². The van der Waals surface area contributed by atoms with Gasteiger partial charge in [0.15, 0.2) is 0 Å². The maximum atomic E-state index is 12.7. The second-order valence-corrected chi connectivity index (χ2v) is 5.78. The minimum absolute atomic E-state index is 0.0852. The highest BCUT2D eigenvalue weighted by Gasteiger charge is 2.20. The van der Waals surface area contributed by atoms with Crippen molar-refractivity contribution in [2.24, 2.45) is 0 Å². The first-order valence-corrected chi connectivity index (χ1v) is 8.38. The first kappa shape index (κ1) is 20.6. The molecular weight excluding hydrogens is 366 g/mol. The van der Waals surface area contributed by atoms with Gasteiger partial charge in [-0.3, -0.25) is 19.7 Å². The fourth-order valence-electron chi connectivity index (χ4n) is 2.57. The largest absolute Gasteiger partial charge is 0.462 e. The highest BCUT2D eigenvalue weighted by atomic mass is 16.6. The number of non-ortho nitro benzene ring substituents is 1. The number of rotatable bonds is 6. The van der Waals surface area contributed by atoms with Gasteiger partial charge in [-0.25, -0.2) is 4.79 Å². The molecule has 0 heterocycles. The lowest BCUT2D eigenvalue weighted by atomic mass is 10.0. The number of anilines is 1. The number of nitrogens with one attached hydrogen (secondary N) is 2. The van der Waals surface area contributed by atoms with E-state index in [0.29, 0.717) is 5.56 Å². The van der Waals surface area contributed by atoms with E-state index in [1.807, 2.05) is 0 Å². The summed E-state index contributed by atoms with van der Waals surface area (Å²) in [5, 5.41) is 16.2. The molecule has 0 radical (unpaired) electrons. The number of nitrogens with zero attached hydrogens (tertiary/aromatic N) is 1. The molecule has 9 nitrogen and oxygen atoms in total. The second kappa shape index (κ2) is 8.76. The van der Waals surface area contributed by atoms with Gasteiger partial charge in [0.1, 0.15) is 0 Å². The monoisotopic (exact) mass is 385 g/mol. The van der Waals surface area contributed by atoms with Crippen LogP contribution in [-0.2, 0) is 4.74 Å². The predicted octanol–water partition coefficient (Wildman–Crippen LogP) is 2.69. The molecule has 0 bridgehead atoms. The first-order chi connectivity index (χ1) is 13.3. The fourth-order valence-corrected chi connectivity index (χ4v) is 2.57. The highest BCUT2D eigenvalue weighted by molar-refractivity contribution is 6.10. The fraction of sp³-hybridized carbons (Fsp3) is 0.211. The van der Waals surface area contributed by atoms with E-state index in [1.165, 1.54) is 13.1 Å². The van der Waals surface area contributed by atoms with E-state index in [1.54, 1.807) is 32.0 Å². The van der Waals surface area contributed by atoms with Crippen LogP contribution < -0.4 is 10.6 Å². The predicted molar refractivity (Wildman–Crippen MR) is 102 cm³/mol. The van der Waals surface area contributed by atoms with Gasteiger partial charge in [0.05, 0.1) is 28.3 Å². The summed E-state index contributed by atoms with van der Waals surface area (Å²) >= 11 is 0. The standard InChI is InChI=1S/C19H19N3O6/c1-4-28-19(25)13-8-12(9-14(10-13)22(26)27)17(23)21-15-7-5-6-11(2)16(15)18(24)20-3/h5-10H,4H2,1-3H3,(H,20,24)(H,21,23). The van der Waals surface area contributed by atoms with Gasteiger partial charge >= 0.3 is 5.97 Å². The number of nitro groups is 1. The van der Waals surface area contributed by atoms with Crippen LogP contribution >= 0.6 is 0 Å². The van der Waals surface area contributed by atoms with Gasteiger partial charge < -0.3 is 15.4 Å². The molecule has 2 rings (SSSR count). The molecule has 2 aromatic carbocycles. The normalized spacial score (nSPS) is 10.1. The Bertz CT molecular complexity index is 955. The summed E-state index contributed by atoms with van der Waals surface area (Å²) in [7, 11) is 1.46. The van der Waals surface area contributed by atoms with Crippen molar-refractivity contribution in [2.45, 2.75) is 13.8 Å². The van der Waals surface area contributed by atoms with Crippen LogP contribution in [0.5, 0.6) is 0 Å². The van der Waals surface area contributed by atoms with Gasteiger partial charge in [-0.2, -0.15) is 0 Å². The summed E-state index contributed by atoms with van der Waals surface area (Å²) in [6.45, 7) is 3.40. The molecule has 146 valence electrons. The Morgan fingerprint density at radius 3 is 2.39 bits per heavy atom. The van der Waals surface area contributed by atoms with Crippen molar-refractivity contribution in [2.75, 3.05) is 19.0 Å². The zero-order valence-electron chi connectivity index (χ0n) is 15.6. The number of benzene rings is 2. The maximum absolute atomic E-state index is 12.7. The third-order valence-electron chi connectivity index (χ3n) is 3.88. The molecule has 0 spiro atoms. The zero-order chi connectivity index (χ0) is 20.8. The molecule has 2 amide bonds. The number of hydrogen-bond acceptors (Lipinski definition) is 6. The number of carbonyl (C=O) groups excluding carboxylic acids is 3. The lowest BCUT2D eigenvalue weighted by Gasteiger charge is -2.13. The number of esters is 1. The molecule has 0 saturated carbocycles. The van der Waals surface area contributed by atoms with E-state index < -0.39 is 22.5 Å². The summed E-state index contributed by atoms with van der Waals surface area (Å²) in [5.41, 5.74) is 0.511. The molecule has 0 aromatic heterocycles. The molecule has 0 atom stereocenters. The number of hydrogen-bond donors (Lipinski definition) is 2. The van der Waals surface area contributed by atoms with Crippen LogP contribution in [0.3, 0.4) is 0 Å². The Hall–Kier alpha value is -3.75. The topological polar surface area (TPSA) is 128 Å². The molecular formula is C19H19N3O6. The van der Waals surface area contributed by atoms with Crippen molar-refractivity contribution in [3.63, 3.8) is 0 Å². The number of nitro benzene ring substituents is 1. The van der Waals surface area contributed by atoms with Crippen LogP contribution in [0.15, 0.2) is 36.4 Å². The minimum Gasteiger partial charge on any atom is -0.462 e. The van der Waals surface area contributed by atoms with E-state index in [-0.39, 0.29) is 34.9 Å². The second-order valence-electron chi connectivity index (χ2n) is 5.78. The molecule has 9 heteroatoms. The SMILES string of the molecule is CCOC(=O)c1cc(C(=O)Nc2cccc(C)c2C(=O)NC)cc([N+](=O)[O-])c1. The minimum atomic E-state index is -0.776. The van der Waals surface area contributed by atoms with Gasteiger partial charge in [-0.15, -0.1) is 0 Å². The van der Waals surface area contributed by atoms with Crippen LogP contribution in [0.2, 0.25) is 0 Å². The Morgan fingerprint density at radius 1 is 1.11 bits per heavy atom. The van der Waals surface area contributed by atoms with Gasteiger partial charge in [-0.05, 0) is 31.5 Å². The number of aryl methyl sites for hydroxylation is 1. The molecule has 0 aliphatic rings. The van der Waals surface area contributed by atoms with E-state index in [2.05, 4.69) is 10.6 Å². The lowest BCUT2D eigenvalue weighted by Crippen LogP contribution is -2.23. The third-order valence-corrected chi connectivity index (χ3v) is 3.88. The third kappa shape index (κ3) is 4.50. The average Bonchev–Trinajstić information content (AvgIpc) is 2.67. The van der Waals surface area contributed by atoms with Crippen molar-refractivity contribution in [1.82, 2.24) is 5.32 Å². The van der Waals surface area contributed by atoms with Crippen molar-refractivity contribution in [1.29, 1.82) is 0 Å². The Kier molecular flexibility index (Phi) is 6.43. The molecule has 0 fully saturated rings. The maximum Gasteiger partial charge on any atom is 0.338 e. The molecule has 2 N–H and O–H groups in total. The summed E-state index contributed by atoms with van der Waals surface area (Å²) < 4.78 is 4.85. The summed E-state index contributed by atoms with van der Waals surface area (Å²) in [5.74, 6) is -1.87. The van der Waals surface area contributed by atoms with Crippen LogP contribution in [0.1, 0.15) is 43.6 Å². The first-order valence-electron chi connectivity index (χ1n) is 8.38. The van der Waals surface area contributed by atoms with E-state index in [9.17, 15) is 24.5 Å². The molecule has 2 aromatic rings. The van der Waals surface area contributed by atoms with Crippen LogP contribution in [0.4, 0.5) is 11.4 Å². The molecule has 0 saturated heterocycles.